The highest BCUT2D eigenvalue weighted by Gasteiger charge is 2.28. The molecule has 3 rings (SSSR count). The van der Waals surface area contributed by atoms with Crippen LogP contribution >= 0.6 is 0 Å². The van der Waals surface area contributed by atoms with Crippen LogP contribution in [0.1, 0.15) is 64.3 Å². The number of nitrogens with two attached hydrogens (primary N) is 1. The highest BCUT2D eigenvalue weighted by atomic mass is 16.7. The number of amidine groups is 1. The van der Waals surface area contributed by atoms with Gasteiger partial charge in [0.15, 0.2) is 6.10 Å². The highest BCUT2D eigenvalue weighted by molar-refractivity contribution is 6.04. The molecule has 0 aliphatic heterocycles. The maximum absolute atomic E-state index is 13.1. The summed E-state index contributed by atoms with van der Waals surface area (Å²) < 4.78 is 22.3. The average Bonchev–Trinajstić information content (AvgIpc) is 3.01. The van der Waals surface area contributed by atoms with Crippen molar-refractivity contribution in [1.82, 2.24) is 10.2 Å². The monoisotopic (exact) mass is 648 g/mol. The lowest BCUT2D eigenvalue weighted by atomic mass is 10.0. The minimum Gasteiger partial charge on any atom is -0.490 e. The van der Waals surface area contributed by atoms with Crippen LogP contribution < -0.4 is 16.0 Å². The number of nitrogens with zero attached hydrogens (tertiary/aromatic N) is 1. The number of carbonyl (C=O) groups excluding carboxylic acids is 3. The number of carbonyl (C=O) groups is 3. The Balaban J connectivity index is 1.66. The fourth-order valence-electron chi connectivity index (χ4n) is 4.17. The summed E-state index contributed by atoms with van der Waals surface area (Å²) >= 11 is 0. The predicted molar refractivity (Wildman–Crippen MR) is 176 cm³/mol. The standard InChI is InChI=1S/C35H44N4O8/c1-34(2,3)45-32(41)38-21-22-39(33(42)46-35(4,5)6)30(36)26-17-19-27(20-18-26)43-23-28(47-37)31(40)44-29(24-13-9-7-10-14-24)25-15-11-8-12-16-25/h7-20,28-29,36H,21-23,37H2,1-6H3,(H,38,41). The molecule has 252 valence electrons. The van der Waals surface area contributed by atoms with Crippen LogP contribution in [0.25, 0.3) is 0 Å². The van der Waals surface area contributed by atoms with Gasteiger partial charge in [-0.3, -0.25) is 15.1 Å². The molecule has 1 unspecified atom stereocenters. The number of nitrogens with one attached hydrogen (secondary N) is 2. The van der Waals surface area contributed by atoms with E-state index in [0.29, 0.717) is 11.3 Å². The van der Waals surface area contributed by atoms with Crippen LogP contribution in [0.2, 0.25) is 0 Å². The van der Waals surface area contributed by atoms with Crippen molar-refractivity contribution >= 4 is 24.0 Å². The second-order valence-corrected chi connectivity index (χ2v) is 12.5. The molecule has 0 aromatic heterocycles. The minimum atomic E-state index is -1.23. The van der Waals surface area contributed by atoms with Gasteiger partial charge in [-0.05, 0) is 76.9 Å². The Morgan fingerprint density at radius 2 is 1.34 bits per heavy atom. The van der Waals surface area contributed by atoms with Gasteiger partial charge in [0.1, 0.15) is 29.4 Å². The summed E-state index contributed by atoms with van der Waals surface area (Å²) in [6.45, 7) is 10.1. The molecule has 0 heterocycles. The van der Waals surface area contributed by atoms with E-state index < -0.39 is 41.6 Å². The zero-order valence-corrected chi connectivity index (χ0v) is 27.6. The molecule has 0 fully saturated rings. The molecule has 3 aromatic rings. The molecule has 0 aliphatic rings. The molecule has 12 heteroatoms. The van der Waals surface area contributed by atoms with E-state index in [2.05, 4.69) is 5.32 Å². The van der Waals surface area contributed by atoms with Crippen LogP contribution in [-0.4, -0.2) is 65.9 Å². The van der Waals surface area contributed by atoms with E-state index in [9.17, 15) is 14.4 Å². The number of alkyl carbamates (subject to hydrolysis) is 1. The molecule has 0 saturated carbocycles. The van der Waals surface area contributed by atoms with Crippen molar-refractivity contribution in [1.29, 1.82) is 5.41 Å². The first-order valence-corrected chi connectivity index (χ1v) is 15.1. The number of esters is 1. The second-order valence-electron chi connectivity index (χ2n) is 12.5. The van der Waals surface area contributed by atoms with E-state index in [1.807, 2.05) is 60.7 Å². The Kier molecular flexibility index (Phi) is 12.9. The molecule has 1 atom stereocenters. The molecule has 0 saturated heterocycles. The Hall–Kier alpha value is -4.94. The van der Waals surface area contributed by atoms with Gasteiger partial charge in [-0.2, -0.15) is 0 Å². The summed E-state index contributed by atoms with van der Waals surface area (Å²) in [6, 6.07) is 24.9. The van der Waals surface area contributed by atoms with Crippen LogP contribution in [0.4, 0.5) is 9.59 Å². The van der Waals surface area contributed by atoms with Crippen molar-refractivity contribution in [3.05, 3.63) is 102 Å². The van der Waals surface area contributed by atoms with Crippen molar-refractivity contribution in [3.63, 3.8) is 0 Å². The van der Waals surface area contributed by atoms with E-state index in [1.165, 1.54) is 0 Å². The van der Waals surface area contributed by atoms with Gasteiger partial charge in [0.25, 0.3) is 0 Å². The molecule has 47 heavy (non-hydrogen) atoms. The van der Waals surface area contributed by atoms with Gasteiger partial charge in [0.2, 0.25) is 6.10 Å². The van der Waals surface area contributed by atoms with Crippen molar-refractivity contribution in [2.24, 2.45) is 5.90 Å². The highest BCUT2D eigenvalue weighted by Crippen LogP contribution is 2.27. The summed E-state index contributed by atoms with van der Waals surface area (Å²) in [4.78, 5) is 44.2. The van der Waals surface area contributed by atoms with Crippen LogP contribution in [0.5, 0.6) is 5.75 Å². The Morgan fingerprint density at radius 1 is 0.809 bits per heavy atom. The first-order chi connectivity index (χ1) is 22.2. The molecular weight excluding hydrogens is 604 g/mol. The Morgan fingerprint density at radius 3 is 1.83 bits per heavy atom. The smallest absolute Gasteiger partial charge is 0.416 e. The van der Waals surface area contributed by atoms with E-state index in [0.717, 1.165) is 16.0 Å². The average molecular weight is 649 g/mol. The molecule has 0 aliphatic carbocycles. The summed E-state index contributed by atoms with van der Waals surface area (Å²) in [5.41, 5.74) is 0.441. The molecule has 4 N–H and O–H groups in total. The number of rotatable bonds is 12. The lowest BCUT2D eigenvalue weighted by Crippen LogP contribution is -2.45. The van der Waals surface area contributed by atoms with Gasteiger partial charge in [-0.25, -0.2) is 20.3 Å². The van der Waals surface area contributed by atoms with Crippen molar-refractivity contribution in [3.8, 4) is 5.75 Å². The van der Waals surface area contributed by atoms with E-state index in [4.69, 9.17) is 35.1 Å². The molecule has 0 radical (unpaired) electrons. The van der Waals surface area contributed by atoms with Crippen LogP contribution in [-0.2, 0) is 23.8 Å². The summed E-state index contributed by atoms with van der Waals surface area (Å²) in [5, 5.41) is 11.3. The zero-order valence-electron chi connectivity index (χ0n) is 27.6. The normalized spacial score (nSPS) is 12.1. The summed E-state index contributed by atoms with van der Waals surface area (Å²) in [6.07, 6.45) is -3.31. The third-order valence-corrected chi connectivity index (χ3v) is 6.28. The van der Waals surface area contributed by atoms with E-state index in [1.54, 1.807) is 65.8 Å². The lowest BCUT2D eigenvalue weighted by Gasteiger charge is -2.28. The fourth-order valence-corrected chi connectivity index (χ4v) is 4.17. The molecular formula is C35H44N4O8. The van der Waals surface area contributed by atoms with Gasteiger partial charge < -0.3 is 24.3 Å². The Labute approximate surface area is 275 Å². The minimum absolute atomic E-state index is 0.0176. The van der Waals surface area contributed by atoms with E-state index >= 15 is 0 Å². The SMILES string of the molecule is CC(C)(C)OC(=O)NCCN(C(=N)c1ccc(OCC(ON)C(=O)OC(c2ccccc2)c2ccccc2)cc1)C(=O)OC(C)(C)C. The van der Waals surface area contributed by atoms with Crippen LogP contribution in [0.15, 0.2) is 84.9 Å². The predicted octanol–water partition coefficient (Wildman–Crippen LogP) is 5.74. The molecule has 2 amide bonds. The van der Waals surface area contributed by atoms with Gasteiger partial charge in [-0.1, -0.05) is 60.7 Å². The van der Waals surface area contributed by atoms with E-state index in [-0.39, 0.29) is 25.5 Å². The maximum Gasteiger partial charge on any atom is 0.416 e. The van der Waals surface area contributed by atoms with Gasteiger partial charge in [0, 0.05) is 18.7 Å². The quantitative estimate of drug-likeness (QED) is 0.0730. The third-order valence-electron chi connectivity index (χ3n) is 6.28. The number of amides is 2. The summed E-state index contributed by atoms with van der Waals surface area (Å²) in [7, 11) is 0. The number of hydrogen-bond acceptors (Lipinski definition) is 10. The molecule has 0 bridgehead atoms. The first kappa shape index (κ1) is 36.5. The van der Waals surface area contributed by atoms with Crippen LogP contribution in [0.3, 0.4) is 0 Å². The van der Waals surface area contributed by atoms with Gasteiger partial charge in [-0.15, -0.1) is 0 Å². The number of hydrogen-bond donors (Lipinski definition) is 3. The maximum atomic E-state index is 13.1. The first-order valence-electron chi connectivity index (χ1n) is 15.1. The number of benzene rings is 3. The number of ether oxygens (including phenoxy) is 4. The van der Waals surface area contributed by atoms with Crippen molar-refractivity contribution in [2.45, 2.75) is 65.0 Å². The topological polar surface area (TPSA) is 162 Å². The third kappa shape index (κ3) is 12.1. The summed E-state index contributed by atoms with van der Waals surface area (Å²) in [5.74, 6) is 4.94. The van der Waals surface area contributed by atoms with Crippen molar-refractivity contribution < 1.29 is 38.2 Å². The molecule has 0 spiro atoms. The molecule has 12 nitrogen and oxygen atoms in total. The van der Waals surface area contributed by atoms with Gasteiger partial charge in [0.05, 0.1) is 0 Å². The second kappa shape index (κ2) is 16.6. The van der Waals surface area contributed by atoms with Gasteiger partial charge >= 0.3 is 18.2 Å². The molecule has 3 aromatic carbocycles. The Bertz CT molecular complexity index is 1430. The van der Waals surface area contributed by atoms with Crippen molar-refractivity contribution in [2.75, 3.05) is 19.7 Å². The lowest BCUT2D eigenvalue weighted by molar-refractivity contribution is -0.163. The zero-order chi connectivity index (χ0) is 34.6. The van der Waals surface area contributed by atoms with Crippen LogP contribution in [0, 0.1) is 5.41 Å². The largest absolute Gasteiger partial charge is 0.490 e. The fraction of sp³-hybridized carbons (Fsp3) is 0.371.